The number of hydrogen-bond acceptors (Lipinski definition) is 3. The Balaban J connectivity index is 2.86. The molecule has 0 aromatic heterocycles. The highest BCUT2D eigenvalue weighted by Gasteiger charge is 2.03. The lowest BCUT2D eigenvalue weighted by Crippen LogP contribution is -2.14. The zero-order valence-electron chi connectivity index (χ0n) is 7.03. The molecule has 3 heteroatoms. The van der Waals surface area contributed by atoms with Crippen molar-refractivity contribution < 1.29 is 5.11 Å². The molecule has 0 unspecified atom stereocenters. The first-order valence-corrected chi connectivity index (χ1v) is 5.00. The van der Waals surface area contributed by atoms with Crippen LogP contribution in [0, 0.1) is 0 Å². The van der Waals surface area contributed by atoms with Crippen LogP contribution in [0.15, 0.2) is 29.2 Å². The zero-order valence-corrected chi connectivity index (χ0v) is 7.84. The maximum atomic E-state index is 8.82. The molecule has 0 aliphatic heterocycles. The van der Waals surface area contributed by atoms with Gasteiger partial charge in [0.2, 0.25) is 0 Å². The van der Waals surface area contributed by atoms with Crippen molar-refractivity contribution in [3.05, 3.63) is 29.8 Å². The Kier molecular flexibility index (Phi) is 3.59. The van der Waals surface area contributed by atoms with Gasteiger partial charge in [0.25, 0.3) is 0 Å². The fourth-order valence-corrected chi connectivity index (χ4v) is 1.45. The number of rotatable bonds is 3. The average Bonchev–Trinajstić information content (AvgIpc) is 2.17. The van der Waals surface area contributed by atoms with Gasteiger partial charge in [0.1, 0.15) is 0 Å². The molecule has 0 saturated heterocycles. The Bertz CT molecular complexity index is 252. The Labute approximate surface area is 76.8 Å². The van der Waals surface area contributed by atoms with Gasteiger partial charge in [-0.2, -0.15) is 0 Å². The summed E-state index contributed by atoms with van der Waals surface area (Å²) < 4.78 is 0. The van der Waals surface area contributed by atoms with Crippen molar-refractivity contribution in [2.75, 3.05) is 12.9 Å². The molecule has 0 aliphatic carbocycles. The molecular formula is C9H13NOS. The summed E-state index contributed by atoms with van der Waals surface area (Å²) in [7, 11) is 0. The summed E-state index contributed by atoms with van der Waals surface area (Å²) in [5.74, 6) is 0. The van der Waals surface area contributed by atoms with Crippen LogP contribution in [0.5, 0.6) is 0 Å². The van der Waals surface area contributed by atoms with E-state index in [9.17, 15) is 0 Å². The second-order valence-electron chi connectivity index (χ2n) is 2.57. The minimum Gasteiger partial charge on any atom is -0.394 e. The fourth-order valence-electron chi connectivity index (χ4n) is 0.978. The summed E-state index contributed by atoms with van der Waals surface area (Å²) in [6, 6.07) is 7.67. The number of nitrogens with two attached hydrogens (primary N) is 1. The predicted molar refractivity (Wildman–Crippen MR) is 52.2 cm³/mol. The van der Waals surface area contributed by atoms with Crippen molar-refractivity contribution >= 4 is 11.8 Å². The van der Waals surface area contributed by atoms with Crippen LogP contribution in [0.2, 0.25) is 0 Å². The van der Waals surface area contributed by atoms with Crippen LogP contribution in [0.4, 0.5) is 0 Å². The molecule has 1 aromatic rings. The summed E-state index contributed by atoms with van der Waals surface area (Å²) in [6.07, 6.45) is 2.02. The van der Waals surface area contributed by atoms with E-state index in [1.807, 2.05) is 30.5 Å². The Hall–Kier alpha value is -0.510. The van der Waals surface area contributed by atoms with Crippen LogP contribution < -0.4 is 5.73 Å². The van der Waals surface area contributed by atoms with E-state index < -0.39 is 0 Å². The van der Waals surface area contributed by atoms with E-state index in [4.69, 9.17) is 10.8 Å². The second-order valence-corrected chi connectivity index (χ2v) is 3.45. The quantitative estimate of drug-likeness (QED) is 0.696. The van der Waals surface area contributed by atoms with Gasteiger partial charge in [-0.05, 0) is 24.0 Å². The maximum absolute atomic E-state index is 8.82. The molecule has 0 bridgehead atoms. The molecule has 12 heavy (non-hydrogen) atoms. The Morgan fingerprint density at radius 3 is 2.92 bits per heavy atom. The first-order chi connectivity index (χ1) is 5.77. The normalized spacial score (nSPS) is 12.9. The fraction of sp³-hybridized carbons (Fsp3) is 0.333. The standard InChI is InChI=1S/C9H13NOS/c1-12-8-4-2-3-7(5-8)9(10)6-11/h2-5,9,11H,6,10H2,1H3/t9-/m0/s1. The topological polar surface area (TPSA) is 46.2 Å². The number of aliphatic hydroxyl groups excluding tert-OH is 1. The lowest BCUT2D eigenvalue weighted by Gasteiger charge is -2.08. The number of hydrogen-bond donors (Lipinski definition) is 2. The van der Waals surface area contributed by atoms with Crippen molar-refractivity contribution in [2.24, 2.45) is 5.73 Å². The molecule has 0 aliphatic rings. The largest absolute Gasteiger partial charge is 0.394 e. The molecule has 0 heterocycles. The third-order valence-corrected chi connectivity index (χ3v) is 2.44. The highest BCUT2D eigenvalue weighted by Crippen LogP contribution is 2.18. The van der Waals surface area contributed by atoms with Crippen LogP contribution in [0.3, 0.4) is 0 Å². The Morgan fingerprint density at radius 2 is 2.33 bits per heavy atom. The van der Waals surface area contributed by atoms with Crippen LogP contribution in [0.25, 0.3) is 0 Å². The van der Waals surface area contributed by atoms with E-state index in [0.29, 0.717) is 0 Å². The van der Waals surface area contributed by atoms with Gasteiger partial charge in [-0.3, -0.25) is 0 Å². The maximum Gasteiger partial charge on any atom is 0.0624 e. The summed E-state index contributed by atoms with van der Waals surface area (Å²) in [4.78, 5) is 1.18. The highest BCUT2D eigenvalue weighted by atomic mass is 32.2. The van der Waals surface area contributed by atoms with Crippen molar-refractivity contribution in [3.63, 3.8) is 0 Å². The van der Waals surface area contributed by atoms with Gasteiger partial charge in [-0.15, -0.1) is 11.8 Å². The van der Waals surface area contributed by atoms with E-state index in [0.717, 1.165) is 5.56 Å². The van der Waals surface area contributed by atoms with Gasteiger partial charge in [-0.1, -0.05) is 12.1 Å². The predicted octanol–water partition coefficient (Wildman–Crippen LogP) is 1.40. The molecule has 1 rings (SSSR count). The molecule has 0 saturated carbocycles. The van der Waals surface area contributed by atoms with Crippen molar-refractivity contribution in [1.29, 1.82) is 0 Å². The lowest BCUT2D eigenvalue weighted by atomic mass is 10.1. The van der Waals surface area contributed by atoms with E-state index in [2.05, 4.69) is 0 Å². The average molecular weight is 183 g/mol. The highest BCUT2D eigenvalue weighted by molar-refractivity contribution is 7.98. The van der Waals surface area contributed by atoms with Gasteiger partial charge in [0.15, 0.2) is 0 Å². The van der Waals surface area contributed by atoms with Crippen molar-refractivity contribution in [3.8, 4) is 0 Å². The van der Waals surface area contributed by atoms with Gasteiger partial charge >= 0.3 is 0 Å². The smallest absolute Gasteiger partial charge is 0.0624 e. The zero-order chi connectivity index (χ0) is 8.97. The van der Waals surface area contributed by atoms with Gasteiger partial charge in [0, 0.05) is 4.90 Å². The third kappa shape index (κ3) is 2.24. The first kappa shape index (κ1) is 9.58. The van der Waals surface area contributed by atoms with Crippen LogP contribution in [0.1, 0.15) is 11.6 Å². The molecule has 1 aromatic carbocycles. The van der Waals surface area contributed by atoms with Crippen LogP contribution in [-0.2, 0) is 0 Å². The summed E-state index contributed by atoms with van der Waals surface area (Å²) in [6.45, 7) is -0.00215. The summed E-state index contributed by atoms with van der Waals surface area (Å²) in [5.41, 5.74) is 6.65. The first-order valence-electron chi connectivity index (χ1n) is 3.78. The molecule has 3 N–H and O–H groups in total. The van der Waals surface area contributed by atoms with E-state index in [-0.39, 0.29) is 12.6 Å². The molecule has 0 amide bonds. The number of aliphatic hydroxyl groups is 1. The third-order valence-electron chi connectivity index (χ3n) is 1.72. The van der Waals surface area contributed by atoms with E-state index in [1.165, 1.54) is 4.90 Å². The lowest BCUT2D eigenvalue weighted by molar-refractivity contribution is 0.268. The summed E-state index contributed by atoms with van der Waals surface area (Å²) in [5, 5.41) is 8.82. The van der Waals surface area contributed by atoms with Gasteiger partial charge < -0.3 is 10.8 Å². The van der Waals surface area contributed by atoms with E-state index >= 15 is 0 Å². The number of benzene rings is 1. The minimum atomic E-state index is -0.253. The molecule has 0 radical (unpaired) electrons. The van der Waals surface area contributed by atoms with Crippen LogP contribution in [-0.4, -0.2) is 18.0 Å². The summed E-state index contributed by atoms with van der Waals surface area (Å²) >= 11 is 1.67. The molecule has 2 nitrogen and oxygen atoms in total. The van der Waals surface area contributed by atoms with Gasteiger partial charge in [-0.25, -0.2) is 0 Å². The Morgan fingerprint density at radius 1 is 1.58 bits per heavy atom. The molecule has 0 spiro atoms. The van der Waals surface area contributed by atoms with E-state index in [1.54, 1.807) is 11.8 Å². The second kappa shape index (κ2) is 4.50. The van der Waals surface area contributed by atoms with Gasteiger partial charge in [0.05, 0.1) is 12.6 Å². The SMILES string of the molecule is CSc1cccc([C@@H](N)CO)c1. The monoisotopic (exact) mass is 183 g/mol. The van der Waals surface area contributed by atoms with Crippen LogP contribution >= 0.6 is 11.8 Å². The molecular weight excluding hydrogens is 170 g/mol. The molecule has 1 atom stereocenters. The molecule has 0 fully saturated rings. The van der Waals surface area contributed by atoms with Crippen molar-refractivity contribution in [1.82, 2.24) is 0 Å². The number of thioether (sulfide) groups is 1. The molecule has 66 valence electrons. The minimum absolute atomic E-state index is 0.00215. The van der Waals surface area contributed by atoms with Crippen molar-refractivity contribution in [2.45, 2.75) is 10.9 Å².